The van der Waals surface area contributed by atoms with Crippen LogP contribution in [-0.2, 0) is 19.1 Å². The van der Waals surface area contributed by atoms with Crippen LogP contribution in [0.15, 0.2) is 0 Å². The SMILES string of the molecule is COC(=O)C1COCCN1CC(=O)NC(C)CCC(C)C. The number of nitrogens with zero attached hydrogens (tertiary/aromatic N) is 1. The third kappa shape index (κ3) is 6.44. The van der Waals surface area contributed by atoms with Crippen molar-refractivity contribution in [2.75, 3.05) is 33.4 Å². The fourth-order valence-corrected chi connectivity index (χ4v) is 2.34. The molecule has 21 heavy (non-hydrogen) atoms. The van der Waals surface area contributed by atoms with E-state index in [0.717, 1.165) is 12.8 Å². The van der Waals surface area contributed by atoms with Gasteiger partial charge >= 0.3 is 5.97 Å². The maximum absolute atomic E-state index is 12.1. The molecule has 0 aromatic carbocycles. The van der Waals surface area contributed by atoms with Crippen molar-refractivity contribution < 1.29 is 19.1 Å². The Hall–Kier alpha value is -1.14. The molecule has 0 spiro atoms. The van der Waals surface area contributed by atoms with Crippen LogP contribution in [0.3, 0.4) is 0 Å². The van der Waals surface area contributed by atoms with E-state index in [1.807, 2.05) is 11.8 Å². The van der Waals surface area contributed by atoms with Crippen LogP contribution in [0.5, 0.6) is 0 Å². The monoisotopic (exact) mass is 300 g/mol. The summed E-state index contributed by atoms with van der Waals surface area (Å²) in [6, 6.07) is -0.335. The molecule has 6 heteroatoms. The number of esters is 1. The zero-order valence-corrected chi connectivity index (χ0v) is 13.6. The third-order valence-corrected chi connectivity index (χ3v) is 3.64. The second kappa shape index (κ2) is 9.00. The number of hydrogen-bond donors (Lipinski definition) is 1. The molecule has 1 saturated heterocycles. The molecule has 2 unspecified atom stereocenters. The number of ether oxygens (including phenoxy) is 2. The highest BCUT2D eigenvalue weighted by Gasteiger charge is 2.31. The predicted molar refractivity (Wildman–Crippen MR) is 79.9 cm³/mol. The zero-order valence-electron chi connectivity index (χ0n) is 13.6. The van der Waals surface area contributed by atoms with Crippen LogP contribution in [0.4, 0.5) is 0 Å². The van der Waals surface area contributed by atoms with Crippen molar-refractivity contribution in [3.63, 3.8) is 0 Å². The van der Waals surface area contributed by atoms with Crippen LogP contribution < -0.4 is 5.32 Å². The molecule has 122 valence electrons. The van der Waals surface area contributed by atoms with Gasteiger partial charge in [0.25, 0.3) is 0 Å². The van der Waals surface area contributed by atoms with Gasteiger partial charge in [-0.15, -0.1) is 0 Å². The first-order chi connectivity index (χ1) is 9.93. The van der Waals surface area contributed by atoms with E-state index < -0.39 is 6.04 Å². The lowest BCUT2D eigenvalue weighted by atomic mass is 10.0. The van der Waals surface area contributed by atoms with Gasteiger partial charge in [-0.3, -0.25) is 14.5 Å². The molecule has 1 amide bonds. The molecule has 1 aliphatic heterocycles. The minimum Gasteiger partial charge on any atom is -0.468 e. The number of carbonyl (C=O) groups is 2. The van der Waals surface area contributed by atoms with Crippen molar-refractivity contribution in [3.8, 4) is 0 Å². The Morgan fingerprint density at radius 2 is 2.05 bits per heavy atom. The highest BCUT2D eigenvalue weighted by molar-refractivity contribution is 5.80. The summed E-state index contributed by atoms with van der Waals surface area (Å²) in [4.78, 5) is 25.6. The van der Waals surface area contributed by atoms with Crippen LogP contribution in [0.1, 0.15) is 33.6 Å². The third-order valence-electron chi connectivity index (χ3n) is 3.64. The Morgan fingerprint density at radius 3 is 2.67 bits per heavy atom. The van der Waals surface area contributed by atoms with Gasteiger partial charge in [-0.2, -0.15) is 0 Å². The Kier molecular flexibility index (Phi) is 7.67. The van der Waals surface area contributed by atoms with Gasteiger partial charge in [-0.1, -0.05) is 13.8 Å². The largest absolute Gasteiger partial charge is 0.468 e. The minimum atomic E-state index is -0.486. The Labute approximate surface area is 127 Å². The summed E-state index contributed by atoms with van der Waals surface area (Å²) in [5, 5.41) is 2.99. The summed E-state index contributed by atoms with van der Waals surface area (Å²) in [6.45, 7) is 7.93. The second-order valence-electron chi connectivity index (χ2n) is 6.02. The second-order valence-corrected chi connectivity index (χ2v) is 6.02. The summed E-state index contributed by atoms with van der Waals surface area (Å²) < 4.78 is 10.0. The average molecular weight is 300 g/mol. The van der Waals surface area contributed by atoms with E-state index in [2.05, 4.69) is 19.2 Å². The van der Waals surface area contributed by atoms with E-state index in [9.17, 15) is 9.59 Å². The zero-order chi connectivity index (χ0) is 15.8. The highest BCUT2D eigenvalue weighted by atomic mass is 16.5. The van der Waals surface area contributed by atoms with Gasteiger partial charge in [0.15, 0.2) is 0 Å². The van der Waals surface area contributed by atoms with Crippen molar-refractivity contribution >= 4 is 11.9 Å². The van der Waals surface area contributed by atoms with Crippen LogP contribution in [0.25, 0.3) is 0 Å². The quantitative estimate of drug-likeness (QED) is 0.705. The summed E-state index contributed by atoms with van der Waals surface area (Å²) in [5.74, 6) is 0.227. The highest BCUT2D eigenvalue weighted by Crippen LogP contribution is 2.09. The van der Waals surface area contributed by atoms with E-state index >= 15 is 0 Å². The van der Waals surface area contributed by atoms with E-state index in [1.165, 1.54) is 7.11 Å². The molecule has 0 aromatic rings. The van der Waals surface area contributed by atoms with Crippen molar-refractivity contribution in [1.29, 1.82) is 0 Å². The fourth-order valence-electron chi connectivity index (χ4n) is 2.34. The number of carbonyl (C=O) groups excluding carboxylic acids is 2. The fraction of sp³-hybridized carbons (Fsp3) is 0.867. The smallest absolute Gasteiger partial charge is 0.325 e. The maximum atomic E-state index is 12.1. The number of nitrogens with one attached hydrogen (secondary N) is 1. The molecule has 0 bridgehead atoms. The molecule has 1 aliphatic rings. The molecule has 6 nitrogen and oxygen atoms in total. The van der Waals surface area contributed by atoms with E-state index in [0.29, 0.717) is 19.1 Å². The number of morpholine rings is 1. The van der Waals surface area contributed by atoms with Gasteiger partial charge < -0.3 is 14.8 Å². The lowest BCUT2D eigenvalue weighted by molar-refractivity contribution is -0.154. The van der Waals surface area contributed by atoms with Crippen molar-refractivity contribution in [2.45, 2.75) is 45.7 Å². The standard InChI is InChI=1S/C15H28N2O4/c1-11(2)5-6-12(3)16-14(18)9-17-7-8-21-10-13(17)15(19)20-4/h11-13H,5-10H2,1-4H3,(H,16,18). The van der Waals surface area contributed by atoms with Crippen LogP contribution in [0, 0.1) is 5.92 Å². The van der Waals surface area contributed by atoms with Gasteiger partial charge in [-0.05, 0) is 25.7 Å². The summed E-state index contributed by atoms with van der Waals surface area (Å²) >= 11 is 0. The molecule has 0 radical (unpaired) electrons. The molecule has 1 fully saturated rings. The van der Waals surface area contributed by atoms with E-state index in [1.54, 1.807) is 0 Å². The van der Waals surface area contributed by atoms with Gasteiger partial charge in [0.05, 0.1) is 26.9 Å². The topological polar surface area (TPSA) is 67.9 Å². The lowest BCUT2D eigenvalue weighted by Crippen LogP contribution is -2.54. The first kappa shape index (κ1) is 17.9. The van der Waals surface area contributed by atoms with E-state index in [4.69, 9.17) is 9.47 Å². The molecule has 0 aliphatic carbocycles. The van der Waals surface area contributed by atoms with Crippen molar-refractivity contribution in [2.24, 2.45) is 5.92 Å². The summed E-state index contributed by atoms with van der Waals surface area (Å²) in [6.07, 6.45) is 2.05. The molecular formula is C15H28N2O4. The number of rotatable bonds is 7. The Bertz CT molecular complexity index is 347. The van der Waals surface area contributed by atoms with Gasteiger partial charge in [-0.25, -0.2) is 0 Å². The average Bonchev–Trinajstić information content (AvgIpc) is 2.44. The molecule has 1 rings (SSSR count). The van der Waals surface area contributed by atoms with Crippen LogP contribution >= 0.6 is 0 Å². The Morgan fingerprint density at radius 1 is 1.33 bits per heavy atom. The van der Waals surface area contributed by atoms with E-state index in [-0.39, 0.29) is 31.1 Å². The predicted octanol–water partition coefficient (Wildman–Crippen LogP) is 0.801. The molecule has 1 heterocycles. The summed E-state index contributed by atoms with van der Waals surface area (Å²) in [7, 11) is 1.35. The molecule has 0 saturated carbocycles. The van der Waals surface area contributed by atoms with Crippen LogP contribution in [-0.4, -0.2) is 62.3 Å². The van der Waals surface area contributed by atoms with Crippen molar-refractivity contribution in [3.05, 3.63) is 0 Å². The van der Waals surface area contributed by atoms with Gasteiger partial charge in [0, 0.05) is 12.6 Å². The molecule has 2 atom stereocenters. The maximum Gasteiger partial charge on any atom is 0.325 e. The molecular weight excluding hydrogens is 272 g/mol. The summed E-state index contributed by atoms with van der Waals surface area (Å²) in [5.41, 5.74) is 0. The normalized spacial score (nSPS) is 21.1. The molecule has 1 N–H and O–H groups in total. The molecule has 0 aromatic heterocycles. The van der Waals surface area contributed by atoms with Gasteiger partial charge in [0.2, 0.25) is 5.91 Å². The lowest BCUT2D eigenvalue weighted by Gasteiger charge is -2.33. The first-order valence-electron chi connectivity index (χ1n) is 7.63. The Balaban J connectivity index is 2.42. The van der Waals surface area contributed by atoms with Gasteiger partial charge in [0.1, 0.15) is 6.04 Å². The first-order valence-corrected chi connectivity index (χ1v) is 7.63. The van der Waals surface area contributed by atoms with Crippen LogP contribution in [0.2, 0.25) is 0 Å². The minimum absolute atomic E-state index is 0.0536. The van der Waals surface area contributed by atoms with Crippen molar-refractivity contribution in [1.82, 2.24) is 10.2 Å². The number of methoxy groups -OCH3 is 1. The number of hydrogen-bond acceptors (Lipinski definition) is 5. The number of amides is 1.